The van der Waals surface area contributed by atoms with Gasteiger partial charge in [-0.1, -0.05) is 13.8 Å². The minimum Gasteiger partial charge on any atom is -0.400 e. The monoisotopic (exact) mass is 185 g/mol. The maximum Gasteiger partial charge on any atom is 0.130 e. The van der Waals surface area contributed by atoms with Crippen LogP contribution in [0.5, 0.6) is 0 Å². The van der Waals surface area contributed by atoms with E-state index in [9.17, 15) is 4.79 Å². The quantitative estimate of drug-likeness (QED) is 0.497. The molecule has 0 aliphatic carbocycles. The molecule has 0 unspecified atom stereocenters. The minimum atomic E-state index is -0.320. The molecule has 4 N–H and O–H groups in total. The molecule has 0 saturated heterocycles. The SMILES string of the molecule is CC(=O)CC(C)(C)/C(N)=C/N(C)N. The summed E-state index contributed by atoms with van der Waals surface area (Å²) in [5.41, 5.74) is 6.09. The van der Waals surface area contributed by atoms with E-state index in [1.54, 1.807) is 20.2 Å². The third-order valence-electron chi connectivity index (χ3n) is 1.82. The smallest absolute Gasteiger partial charge is 0.130 e. The lowest BCUT2D eigenvalue weighted by Gasteiger charge is -2.24. The third-order valence-corrected chi connectivity index (χ3v) is 1.82. The second-order valence-corrected chi connectivity index (χ2v) is 4.01. The van der Waals surface area contributed by atoms with Crippen LogP contribution in [0.2, 0.25) is 0 Å². The Morgan fingerprint density at radius 1 is 1.54 bits per heavy atom. The number of carbonyl (C=O) groups excluding carboxylic acids is 1. The standard InChI is InChI=1S/C9H19N3O/c1-7(13)5-9(2,3)8(10)6-12(4)11/h6H,5,10-11H2,1-4H3/b8-6-. The zero-order valence-electron chi connectivity index (χ0n) is 8.79. The molecule has 0 aliphatic rings. The Morgan fingerprint density at radius 2 is 2.00 bits per heavy atom. The van der Waals surface area contributed by atoms with Gasteiger partial charge in [0, 0.05) is 30.8 Å². The largest absolute Gasteiger partial charge is 0.400 e. The van der Waals surface area contributed by atoms with E-state index in [1.807, 2.05) is 13.8 Å². The molecule has 13 heavy (non-hydrogen) atoms. The van der Waals surface area contributed by atoms with E-state index in [0.717, 1.165) is 0 Å². The molecule has 76 valence electrons. The van der Waals surface area contributed by atoms with E-state index >= 15 is 0 Å². The van der Waals surface area contributed by atoms with E-state index in [4.69, 9.17) is 11.6 Å². The number of hydrazine groups is 1. The van der Waals surface area contributed by atoms with Crippen LogP contribution in [0.1, 0.15) is 27.2 Å². The van der Waals surface area contributed by atoms with Gasteiger partial charge in [-0.25, -0.2) is 5.84 Å². The Kier molecular flexibility index (Phi) is 3.94. The van der Waals surface area contributed by atoms with Gasteiger partial charge in [-0.3, -0.25) is 4.79 Å². The second kappa shape index (κ2) is 4.28. The molecule has 4 heteroatoms. The zero-order chi connectivity index (χ0) is 10.6. The van der Waals surface area contributed by atoms with Gasteiger partial charge < -0.3 is 10.7 Å². The fraction of sp³-hybridized carbons (Fsp3) is 0.667. The van der Waals surface area contributed by atoms with Crippen LogP contribution in [0.3, 0.4) is 0 Å². The molecular weight excluding hydrogens is 166 g/mol. The number of nitrogens with zero attached hydrogens (tertiary/aromatic N) is 1. The van der Waals surface area contributed by atoms with Gasteiger partial charge in [0.15, 0.2) is 0 Å². The highest BCUT2D eigenvalue weighted by molar-refractivity contribution is 5.76. The van der Waals surface area contributed by atoms with Gasteiger partial charge in [0.1, 0.15) is 5.78 Å². The summed E-state index contributed by atoms with van der Waals surface area (Å²) in [4.78, 5) is 10.9. The molecule has 0 aromatic heterocycles. The average Bonchev–Trinajstić information content (AvgIpc) is 1.81. The number of allylic oxidation sites excluding steroid dienone is 1. The molecule has 0 bridgehead atoms. The first-order chi connectivity index (χ1) is 5.75. The molecule has 0 saturated carbocycles. The maximum absolute atomic E-state index is 10.9. The molecule has 0 aromatic rings. The van der Waals surface area contributed by atoms with Crippen molar-refractivity contribution in [3.63, 3.8) is 0 Å². The average molecular weight is 185 g/mol. The van der Waals surface area contributed by atoms with Crippen molar-refractivity contribution in [2.45, 2.75) is 27.2 Å². The highest BCUT2D eigenvalue weighted by Gasteiger charge is 2.23. The van der Waals surface area contributed by atoms with Crippen molar-refractivity contribution in [1.29, 1.82) is 0 Å². The van der Waals surface area contributed by atoms with Crippen LogP contribution in [-0.4, -0.2) is 17.8 Å². The molecular formula is C9H19N3O. The summed E-state index contributed by atoms with van der Waals surface area (Å²) >= 11 is 0. The van der Waals surface area contributed by atoms with Gasteiger partial charge >= 0.3 is 0 Å². The first-order valence-electron chi connectivity index (χ1n) is 4.20. The van der Waals surface area contributed by atoms with Gasteiger partial charge in [0.2, 0.25) is 0 Å². The molecule has 4 nitrogen and oxygen atoms in total. The molecule has 0 spiro atoms. The summed E-state index contributed by atoms with van der Waals surface area (Å²) in [5, 5.41) is 1.39. The number of nitrogens with two attached hydrogens (primary N) is 2. The Hall–Kier alpha value is -1.03. The number of rotatable bonds is 4. The summed E-state index contributed by atoms with van der Waals surface area (Å²) in [6, 6.07) is 0. The molecule has 0 fully saturated rings. The molecule has 0 atom stereocenters. The Morgan fingerprint density at radius 3 is 2.31 bits per heavy atom. The van der Waals surface area contributed by atoms with E-state index in [0.29, 0.717) is 12.1 Å². The van der Waals surface area contributed by atoms with Gasteiger partial charge in [-0.2, -0.15) is 0 Å². The van der Waals surface area contributed by atoms with E-state index in [1.165, 1.54) is 5.01 Å². The van der Waals surface area contributed by atoms with Crippen LogP contribution in [0.4, 0.5) is 0 Å². The summed E-state index contributed by atoms with van der Waals surface area (Å²) in [5.74, 6) is 5.54. The maximum atomic E-state index is 10.9. The van der Waals surface area contributed by atoms with Gasteiger partial charge in [-0.05, 0) is 6.92 Å². The number of hydrogen-bond acceptors (Lipinski definition) is 4. The van der Waals surface area contributed by atoms with E-state index in [-0.39, 0.29) is 11.2 Å². The Balaban J connectivity index is 4.52. The number of carbonyl (C=O) groups is 1. The summed E-state index contributed by atoms with van der Waals surface area (Å²) < 4.78 is 0. The zero-order valence-corrected chi connectivity index (χ0v) is 8.79. The second-order valence-electron chi connectivity index (χ2n) is 4.01. The van der Waals surface area contributed by atoms with Crippen molar-refractivity contribution in [3.8, 4) is 0 Å². The van der Waals surface area contributed by atoms with Gasteiger partial charge in [-0.15, -0.1) is 0 Å². The summed E-state index contributed by atoms with van der Waals surface area (Å²) in [7, 11) is 1.69. The van der Waals surface area contributed by atoms with Crippen LogP contribution in [0, 0.1) is 5.41 Å². The fourth-order valence-corrected chi connectivity index (χ4v) is 1.12. The van der Waals surface area contributed by atoms with Gasteiger partial charge in [0.05, 0.1) is 0 Å². The molecule has 0 aliphatic heterocycles. The lowest BCUT2D eigenvalue weighted by Crippen LogP contribution is -2.28. The van der Waals surface area contributed by atoms with Crippen molar-refractivity contribution in [2.75, 3.05) is 7.05 Å². The highest BCUT2D eigenvalue weighted by Crippen LogP contribution is 2.26. The van der Waals surface area contributed by atoms with E-state index in [2.05, 4.69) is 0 Å². The predicted molar refractivity (Wildman–Crippen MR) is 53.3 cm³/mol. The molecule has 0 radical (unpaired) electrons. The summed E-state index contributed by atoms with van der Waals surface area (Å²) in [6.07, 6.45) is 2.06. The van der Waals surface area contributed by atoms with E-state index < -0.39 is 0 Å². The highest BCUT2D eigenvalue weighted by atomic mass is 16.1. The van der Waals surface area contributed by atoms with Crippen molar-refractivity contribution >= 4 is 5.78 Å². The van der Waals surface area contributed by atoms with Crippen molar-refractivity contribution in [1.82, 2.24) is 5.01 Å². The van der Waals surface area contributed by atoms with Crippen LogP contribution in [0.25, 0.3) is 0 Å². The van der Waals surface area contributed by atoms with Crippen molar-refractivity contribution in [3.05, 3.63) is 11.9 Å². The molecule has 0 aromatic carbocycles. The lowest BCUT2D eigenvalue weighted by atomic mass is 9.84. The third kappa shape index (κ3) is 4.52. The van der Waals surface area contributed by atoms with Crippen LogP contribution in [0.15, 0.2) is 11.9 Å². The van der Waals surface area contributed by atoms with Crippen LogP contribution in [-0.2, 0) is 4.79 Å². The normalized spacial score (nSPS) is 12.8. The van der Waals surface area contributed by atoms with Crippen LogP contribution < -0.4 is 11.6 Å². The van der Waals surface area contributed by atoms with Crippen LogP contribution >= 0.6 is 0 Å². The fourth-order valence-electron chi connectivity index (χ4n) is 1.12. The Bertz CT molecular complexity index is 219. The van der Waals surface area contributed by atoms with Crippen molar-refractivity contribution < 1.29 is 4.79 Å². The molecule has 0 rings (SSSR count). The summed E-state index contributed by atoms with van der Waals surface area (Å²) in [6.45, 7) is 5.40. The number of Topliss-reactive ketones (excluding diaryl/α,β-unsaturated/α-hetero) is 1. The van der Waals surface area contributed by atoms with Crippen molar-refractivity contribution in [2.24, 2.45) is 17.0 Å². The van der Waals surface area contributed by atoms with Gasteiger partial charge in [0.25, 0.3) is 0 Å². The topological polar surface area (TPSA) is 72.4 Å². The number of hydrogen-bond donors (Lipinski definition) is 2. The lowest BCUT2D eigenvalue weighted by molar-refractivity contribution is -0.118. The predicted octanol–water partition coefficient (Wildman–Crippen LogP) is 0.597. The Labute approximate surface area is 79.5 Å². The number of ketones is 1. The molecule has 0 heterocycles. The molecule has 0 amide bonds. The first-order valence-corrected chi connectivity index (χ1v) is 4.20. The minimum absolute atomic E-state index is 0.126. The first kappa shape index (κ1) is 12.0.